The van der Waals surface area contributed by atoms with Gasteiger partial charge in [-0.25, -0.2) is 0 Å². The van der Waals surface area contributed by atoms with Gasteiger partial charge in [0.25, 0.3) is 0 Å². The van der Waals surface area contributed by atoms with E-state index in [2.05, 4.69) is 5.10 Å². The summed E-state index contributed by atoms with van der Waals surface area (Å²) in [5, 5.41) is 14.7. The molecule has 1 unspecified atom stereocenters. The fourth-order valence-electron chi connectivity index (χ4n) is 1.83. The van der Waals surface area contributed by atoms with Gasteiger partial charge in [0.1, 0.15) is 12.4 Å². The molecule has 16 heavy (non-hydrogen) atoms. The van der Waals surface area contributed by atoms with E-state index in [0.717, 1.165) is 23.1 Å². The first kappa shape index (κ1) is 10.8. The molecule has 0 aliphatic heterocycles. The van der Waals surface area contributed by atoms with E-state index in [0.29, 0.717) is 6.29 Å². The van der Waals surface area contributed by atoms with E-state index in [1.807, 2.05) is 35.9 Å². The maximum atomic E-state index is 10.4. The summed E-state index contributed by atoms with van der Waals surface area (Å²) in [5.74, 6) is 0. The Morgan fingerprint density at radius 2 is 2.25 bits per heavy atom. The van der Waals surface area contributed by atoms with Crippen molar-refractivity contribution >= 4 is 17.2 Å². The van der Waals surface area contributed by atoms with Crippen LogP contribution in [0, 0.1) is 0 Å². The number of hydrogen-bond donors (Lipinski definition) is 1. The molecule has 1 aromatic carbocycles. The van der Waals surface area contributed by atoms with Crippen LogP contribution in [0.3, 0.4) is 0 Å². The number of fused-ring (bicyclic) bond motifs is 1. The summed E-state index contributed by atoms with van der Waals surface area (Å²) in [7, 11) is 0. The van der Waals surface area contributed by atoms with Crippen molar-refractivity contribution in [3.63, 3.8) is 0 Å². The van der Waals surface area contributed by atoms with Crippen LogP contribution in [-0.4, -0.2) is 27.3 Å². The molecule has 0 amide bonds. The second-order valence-electron chi connectivity index (χ2n) is 3.69. The van der Waals surface area contributed by atoms with Gasteiger partial charge in [-0.15, -0.1) is 0 Å². The Kier molecular flexibility index (Phi) is 3.01. The summed E-state index contributed by atoms with van der Waals surface area (Å²) in [6.07, 6.45) is -0.153. The maximum Gasteiger partial charge on any atom is 0.148 e. The molecule has 0 aliphatic rings. The first-order valence-electron chi connectivity index (χ1n) is 5.34. The van der Waals surface area contributed by atoms with Crippen molar-refractivity contribution < 1.29 is 9.90 Å². The molecule has 1 heterocycles. The van der Waals surface area contributed by atoms with E-state index in [4.69, 9.17) is 0 Å². The molecule has 1 aromatic heterocycles. The smallest absolute Gasteiger partial charge is 0.148 e. The van der Waals surface area contributed by atoms with E-state index < -0.39 is 6.10 Å². The third-order valence-electron chi connectivity index (χ3n) is 2.59. The Labute approximate surface area is 93.5 Å². The first-order valence-corrected chi connectivity index (χ1v) is 5.34. The zero-order valence-corrected chi connectivity index (χ0v) is 9.13. The van der Waals surface area contributed by atoms with Gasteiger partial charge in [0.2, 0.25) is 0 Å². The third-order valence-corrected chi connectivity index (χ3v) is 2.59. The molecule has 84 valence electrons. The number of aliphatic hydroxyl groups is 1. The van der Waals surface area contributed by atoms with E-state index in [1.54, 1.807) is 0 Å². The molecule has 2 rings (SSSR count). The normalized spacial score (nSPS) is 12.9. The van der Waals surface area contributed by atoms with Crippen LogP contribution in [0.4, 0.5) is 0 Å². The number of para-hydroxylation sites is 1. The lowest BCUT2D eigenvalue weighted by atomic mass is 10.1. The van der Waals surface area contributed by atoms with E-state index in [9.17, 15) is 9.90 Å². The zero-order chi connectivity index (χ0) is 11.5. The largest absolute Gasteiger partial charge is 0.385 e. The fraction of sp³-hybridized carbons (Fsp3) is 0.333. The SMILES string of the molecule is CCn1nc(CC(O)C=O)c2ccccc21. The van der Waals surface area contributed by atoms with Gasteiger partial charge >= 0.3 is 0 Å². The van der Waals surface area contributed by atoms with Crippen molar-refractivity contribution in [3.8, 4) is 0 Å². The highest BCUT2D eigenvalue weighted by Crippen LogP contribution is 2.19. The highest BCUT2D eigenvalue weighted by molar-refractivity contribution is 5.82. The number of nitrogens with zero attached hydrogens (tertiary/aromatic N) is 2. The van der Waals surface area contributed by atoms with E-state index in [-0.39, 0.29) is 6.42 Å². The van der Waals surface area contributed by atoms with Gasteiger partial charge in [-0.1, -0.05) is 18.2 Å². The predicted molar refractivity (Wildman–Crippen MR) is 61.2 cm³/mol. The summed E-state index contributed by atoms with van der Waals surface area (Å²) >= 11 is 0. The van der Waals surface area contributed by atoms with Crippen molar-refractivity contribution in [1.82, 2.24) is 9.78 Å². The Hall–Kier alpha value is -1.68. The number of aldehydes is 1. The topological polar surface area (TPSA) is 55.1 Å². The van der Waals surface area contributed by atoms with Crippen LogP contribution in [0.1, 0.15) is 12.6 Å². The van der Waals surface area contributed by atoms with Crippen LogP contribution < -0.4 is 0 Å². The maximum absolute atomic E-state index is 10.4. The lowest BCUT2D eigenvalue weighted by Gasteiger charge is -1.98. The van der Waals surface area contributed by atoms with E-state index >= 15 is 0 Å². The predicted octanol–water partition coefficient (Wildman–Crippen LogP) is 1.16. The Bertz CT molecular complexity index is 505. The summed E-state index contributed by atoms with van der Waals surface area (Å²) in [6.45, 7) is 2.79. The van der Waals surface area contributed by atoms with Crippen molar-refractivity contribution in [1.29, 1.82) is 0 Å². The van der Waals surface area contributed by atoms with Gasteiger partial charge in [0, 0.05) is 18.4 Å². The molecule has 4 heteroatoms. The second kappa shape index (κ2) is 4.45. The van der Waals surface area contributed by atoms with Gasteiger partial charge in [0.15, 0.2) is 0 Å². The van der Waals surface area contributed by atoms with Crippen molar-refractivity contribution in [2.45, 2.75) is 26.0 Å². The van der Waals surface area contributed by atoms with Gasteiger partial charge in [-0.05, 0) is 13.0 Å². The molecule has 0 aliphatic carbocycles. The van der Waals surface area contributed by atoms with Gasteiger partial charge < -0.3 is 9.90 Å². The standard InChI is InChI=1S/C12H14N2O2/c1-2-14-12-6-4-3-5-10(12)11(13-14)7-9(16)8-15/h3-6,8-9,16H,2,7H2,1H3. The number of rotatable bonds is 4. The van der Waals surface area contributed by atoms with Crippen molar-refractivity contribution in [3.05, 3.63) is 30.0 Å². The Morgan fingerprint density at radius 3 is 2.94 bits per heavy atom. The highest BCUT2D eigenvalue weighted by Gasteiger charge is 2.12. The number of aromatic nitrogens is 2. The number of hydrogen-bond acceptors (Lipinski definition) is 3. The number of benzene rings is 1. The summed E-state index contributed by atoms with van der Waals surface area (Å²) < 4.78 is 1.88. The van der Waals surface area contributed by atoms with Crippen LogP contribution in [0.15, 0.2) is 24.3 Å². The van der Waals surface area contributed by atoms with Crippen LogP contribution in [0.5, 0.6) is 0 Å². The molecule has 1 N–H and O–H groups in total. The molecule has 4 nitrogen and oxygen atoms in total. The monoisotopic (exact) mass is 218 g/mol. The number of aliphatic hydroxyl groups excluding tert-OH is 1. The summed E-state index contributed by atoms with van der Waals surface area (Å²) in [4.78, 5) is 10.4. The average molecular weight is 218 g/mol. The summed E-state index contributed by atoms with van der Waals surface area (Å²) in [5.41, 5.74) is 1.81. The fourth-order valence-corrected chi connectivity index (χ4v) is 1.83. The molecular formula is C12H14N2O2. The van der Waals surface area contributed by atoms with Gasteiger partial charge in [-0.2, -0.15) is 5.10 Å². The van der Waals surface area contributed by atoms with Crippen LogP contribution in [0.25, 0.3) is 10.9 Å². The number of carbonyl (C=O) groups excluding carboxylic acids is 1. The van der Waals surface area contributed by atoms with Crippen LogP contribution >= 0.6 is 0 Å². The van der Waals surface area contributed by atoms with Crippen molar-refractivity contribution in [2.24, 2.45) is 0 Å². The first-order chi connectivity index (χ1) is 7.76. The van der Waals surface area contributed by atoms with E-state index in [1.165, 1.54) is 0 Å². The van der Waals surface area contributed by atoms with Gasteiger partial charge in [0.05, 0.1) is 11.2 Å². The number of carbonyl (C=O) groups is 1. The Balaban J connectivity index is 2.48. The van der Waals surface area contributed by atoms with Crippen LogP contribution in [0.2, 0.25) is 0 Å². The minimum atomic E-state index is -0.969. The highest BCUT2D eigenvalue weighted by atomic mass is 16.3. The molecule has 2 aromatic rings. The third kappa shape index (κ3) is 1.84. The average Bonchev–Trinajstić information content (AvgIpc) is 2.68. The summed E-state index contributed by atoms with van der Waals surface area (Å²) in [6, 6.07) is 7.83. The lowest BCUT2D eigenvalue weighted by Crippen LogP contribution is -2.12. The quantitative estimate of drug-likeness (QED) is 0.783. The second-order valence-corrected chi connectivity index (χ2v) is 3.69. The molecule has 0 bridgehead atoms. The number of aryl methyl sites for hydroxylation is 1. The minimum absolute atomic E-state index is 0.275. The molecule has 0 saturated heterocycles. The van der Waals surface area contributed by atoms with Crippen molar-refractivity contribution in [2.75, 3.05) is 0 Å². The molecule has 0 radical (unpaired) electrons. The molecule has 0 fully saturated rings. The Morgan fingerprint density at radius 1 is 1.50 bits per heavy atom. The lowest BCUT2D eigenvalue weighted by molar-refractivity contribution is -0.114. The van der Waals surface area contributed by atoms with Crippen LogP contribution in [-0.2, 0) is 17.8 Å². The molecular weight excluding hydrogens is 204 g/mol. The zero-order valence-electron chi connectivity index (χ0n) is 9.13. The molecule has 0 spiro atoms. The minimum Gasteiger partial charge on any atom is -0.385 e. The van der Waals surface area contributed by atoms with Gasteiger partial charge in [-0.3, -0.25) is 4.68 Å². The molecule has 1 atom stereocenters. The molecule has 0 saturated carbocycles.